The fourth-order valence-electron chi connectivity index (χ4n) is 1.99. The average Bonchev–Trinajstić information content (AvgIpc) is 2.42. The highest BCUT2D eigenvalue weighted by Crippen LogP contribution is 2.28. The lowest BCUT2D eigenvalue weighted by Crippen LogP contribution is -2.25. The second kappa shape index (κ2) is 4.89. The number of fused-ring (bicyclic) bond motifs is 1. The molecule has 0 radical (unpaired) electrons. The molecule has 0 atom stereocenters. The van der Waals surface area contributed by atoms with Crippen LogP contribution in [0.1, 0.15) is 11.3 Å². The van der Waals surface area contributed by atoms with Crippen LogP contribution in [0.25, 0.3) is 0 Å². The first-order chi connectivity index (χ1) is 9.24. The van der Waals surface area contributed by atoms with Crippen LogP contribution in [0.5, 0.6) is 11.6 Å². The van der Waals surface area contributed by atoms with E-state index in [1.54, 1.807) is 0 Å². The second-order valence-electron chi connectivity index (χ2n) is 4.21. The van der Waals surface area contributed by atoms with Gasteiger partial charge in [-0.25, -0.2) is 18.7 Å². The van der Waals surface area contributed by atoms with Gasteiger partial charge in [0.05, 0.1) is 11.3 Å². The van der Waals surface area contributed by atoms with Crippen molar-refractivity contribution in [2.75, 3.05) is 6.54 Å². The lowest BCUT2D eigenvalue weighted by molar-refractivity contribution is 0.411. The summed E-state index contributed by atoms with van der Waals surface area (Å²) >= 11 is 0. The highest BCUT2D eigenvalue weighted by molar-refractivity contribution is 5.36. The Kier molecular flexibility index (Phi) is 3.08. The third kappa shape index (κ3) is 2.39. The summed E-state index contributed by atoms with van der Waals surface area (Å²) in [6.07, 6.45) is 2.17. The predicted octanol–water partition coefficient (Wildman–Crippen LogP) is 2.19. The summed E-state index contributed by atoms with van der Waals surface area (Å²) in [7, 11) is 0. The van der Waals surface area contributed by atoms with E-state index in [9.17, 15) is 8.78 Å². The van der Waals surface area contributed by atoms with E-state index in [-0.39, 0.29) is 5.75 Å². The molecule has 19 heavy (non-hydrogen) atoms. The third-order valence-electron chi connectivity index (χ3n) is 2.94. The van der Waals surface area contributed by atoms with Crippen LogP contribution in [0.3, 0.4) is 0 Å². The molecule has 3 rings (SSSR count). The molecule has 2 aromatic rings. The van der Waals surface area contributed by atoms with Crippen molar-refractivity contribution in [2.45, 2.75) is 13.0 Å². The van der Waals surface area contributed by atoms with Gasteiger partial charge in [-0.15, -0.1) is 0 Å². The van der Waals surface area contributed by atoms with E-state index >= 15 is 0 Å². The van der Waals surface area contributed by atoms with Gasteiger partial charge in [0.15, 0.2) is 11.6 Å². The van der Waals surface area contributed by atoms with Crippen LogP contribution in [-0.4, -0.2) is 16.5 Å². The van der Waals surface area contributed by atoms with E-state index in [0.29, 0.717) is 12.4 Å². The Labute approximate surface area is 108 Å². The molecule has 4 nitrogen and oxygen atoms in total. The highest BCUT2D eigenvalue weighted by Gasteiger charge is 2.17. The zero-order chi connectivity index (χ0) is 13.2. The maximum atomic E-state index is 13.5. The zero-order valence-electron chi connectivity index (χ0n) is 9.99. The molecule has 2 heterocycles. The quantitative estimate of drug-likeness (QED) is 0.902. The number of benzene rings is 1. The van der Waals surface area contributed by atoms with Crippen LogP contribution in [0.2, 0.25) is 0 Å². The lowest BCUT2D eigenvalue weighted by atomic mass is 10.1. The van der Waals surface area contributed by atoms with Crippen LogP contribution in [0.15, 0.2) is 24.5 Å². The van der Waals surface area contributed by atoms with Gasteiger partial charge >= 0.3 is 0 Å². The van der Waals surface area contributed by atoms with Crippen molar-refractivity contribution in [1.29, 1.82) is 0 Å². The summed E-state index contributed by atoms with van der Waals surface area (Å²) in [5.74, 6) is -1.14. The van der Waals surface area contributed by atoms with Crippen molar-refractivity contribution in [2.24, 2.45) is 0 Å². The van der Waals surface area contributed by atoms with Gasteiger partial charge in [0.1, 0.15) is 12.1 Å². The van der Waals surface area contributed by atoms with E-state index in [1.807, 2.05) is 0 Å². The highest BCUT2D eigenvalue weighted by atomic mass is 19.1. The van der Waals surface area contributed by atoms with E-state index in [1.165, 1.54) is 12.4 Å². The molecule has 0 unspecified atom stereocenters. The van der Waals surface area contributed by atoms with E-state index in [4.69, 9.17) is 4.74 Å². The normalized spacial score (nSPS) is 14.0. The molecule has 1 aromatic carbocycles. The van der Waals surface area contributed by atoms with E-state index in [2.05, 4.69) is 15.3 Å². The first-order valence-electron chi connectivity index (χ1n) is 5.90. The minimum absolute atomic E-state index is 0.0483. The van der Waals surface area contributed by atoms with Crippen LogP contribution in [-0.2, 0) is 13.0 Å². The molecule has 0 saturated carbocycles. The fraction of sp³-hybridized carbons (Fsp3) is 0.231. The molecule has 1 aliphatic rings. The van der Waals surface area contributed by atoms with Crippen LogP contribution < -0.4 is 10.1 Å². The Morgan fingerprint density at radius 2 is 2.11 bits per heavy atom. The molecule has 0 saturated heterocycles. The summed E-state index contributed by atoms with van der Waals surface area (Å²) in [5.41, 5.74) is 1.71. The number of ether oxygens (including phenoxy) is 1. The Morgan fingerprint density at radius 1 is 1.21 bits per heavy atom. The van der Waals surface area contributed by atoms with Crippen molar-refractivity contribution in [3.05, 3.63) is 47.4 Å². The molecule has 1 aromatic heterocycles. The van der Waals surface area contributed by atoms with Gasteiger partial charge in [-0.1, -0.05) is 0 Å². The van der Waals surface area contributed by atoms with Crippen molar-refractivity contribution in [3.8, 4) is 11.6 Å². The van der Waals surface area contributed by atoms with E-state index < -0.39 is 11.6 Å². The number of hydrogen-bond donors (Lipinski definition) is 1. The molecule has 0 aliphatic carbocycles. The maximum absolute atomic E-state index is 13.5. The number of aromatic nitrogens is 2. The number of halogens is 2. The van der Waals surface area contributed by atoms with Crippen molar-refractivity contribution in [3.63, 3.8) is 0 Å². The minimum atomic E-state index is -0.754. The van der Waals surface area contributed by atoms with E-state index in [0.717, 1.165) is 36.4 Å². The maximum Gasteiger partial charge on any atom is 0.227 e. The van der Waals surface area contributed by atoms with Crippen molar-refractivity contribution in [1.82, 2.24) is 15.3 Å². The lowest BCUT2D eigenvalue weighted by Gasteiger charge is -2.18. The Bertz CT molecular complexity index is 619. The van der Waals surface area contributed by atoms with Gasteiger partial charge in [0, 0.05) is 25.6 Å². The number of nitrogens with one attached hydrogen (secondary N) is 1. The molecule has 0 fully saturated rings. The standard InChI is InChI=1S/C13H11F2N3O/c14-8-1-2-12(10(15)5-8)19-13-9-6-16-4-3-11(9)17-7-18-13/h1-2,5,7,16H,3-4,6H2. The first-order valence-corrected chi connectivity index (χ1v) is 5.90. The molecular formula is C13H11F2N3O. The van der Waals surface area contributed by atoms with Gasteiger partial charge in [0.25, 0.3) is 0 Å². The number of nitrogens with zero attached hydrogens (tertiary/aromatic N) is 2. The minimum Gasteiger partial charge on any atom is -0.435 e. The summed E-state index contributed by atoms with van der Waals surface area (Å²) < 4.78 is 31.8. The summed E-state index contributed by atoms with van der Waals surface area (Å²) in [6.45, 7) is 1.42. The largest absolute Gasteiger partial charge is 0.435 e. The first kappa shape index (κ1) is 12.0. The molecule has 0 amide bonds. The molecule has 98 valence electrons. The summed E-state index contributed by atoms with van der Waals surface area (Å²) in [5, 5.41) is 3.18. The molecule has 6 heteroatoms. The topological polar surface area (TPSA) is 47.0 Å². The van der Waals surface area contributed by atoms with Gasteiger partial charge < -0.3 is 10.1 Å². The summed E-state index contributed by atoms with van der Waals surface area (Å²) in [4.78, 5) is 8.19. The Balaban J connectivity index is 1.95. The van der Waals surface area contributed by atoms with Gasteiger partial charge in [-0.05, 0) is 12.1 Å². The Morgan fingerprint density at radius 3 is 2.95 bits per heavy atom. The van der Waals surface area contributed by atoms with Gasteiger partial charge in [-0.2, -0.15) is 0 Å². The van der Waals surface area contributed by atoms with Crippen LogP contribution in [0, 0.1) is 11.6 Å². The number of hydrogen-bond acceptors (Lipinski definition) is 4. The van der Waals surface area contributed by atoms with Crippen LogP contribution in [0.4, 0.5) is 8.78 Å². The fourth-order valence-corrected chi connectivity index (χ4v) is 1.99. The molecular weight excluding hydrogens is 252 g/mol. The predicted molar refractivity (Wildman–Crippen MR) is 63.9 cm³/mol. The Hall–Kier alpha value is -2.08. The van der Waals surface area contributed by atoms with Crippen molar-refractivity contribution < 1.29 is 13.5 Å². The van der Waals surface area contributed by atoms with Crippen LogP contribution >= 0.6 is 0 Å². The molecule has 1 N–H and O–H groups in total. The summed E-state index contributed by atoms with van der Waals surface area (Å²) in [6, 6.07) is 3.17. The SMILES string of the molecule is Fc1ccc(Oc2ncnc3c2CNCC3)c(F)c1. The zero-order valence-corrected chi connectivity index (χ0v) is 9.99. The third-order valence-corrected chi connectivity index (χ3v) is 2.94. The monoisotopic (exact) mass is 263 g/mol. The molecule has 0 spiro atoms. The average molecular weight is 263 g/mol. The van der Waals surface area contributed by atoms with Gasteiger partial charge in [0.2, 0.25) is 5.88 Å². The molecule has 1 aliphatic heterocycles. The van der Waals surface area contributed by atoms with Gasteiger partial charge in [-0.3, -0.25) is 0 Å². The molecule has 0 bridgehead atoms. The number of rotatable bonds is 2. The second-order valence-corrected chi connectivity index (χ2v) is 4.21. The van der Waals surface area contributed by atoms with Crippen molar-refractivity contribution >= 4 is 0 Å². The smallest absolute Gasteiger partial charge is 0.227 e.